The molecule has 1 aliphatic heterocycles. The lowest BCUT2D eigenvalue weighted by molar-refractivity contribution is -0.0360. The first-order chi connectivity index (χ1) is 8.80. The molecule has 0 aromatic carbocycles. The molecule has 2 nitrogen and oxygen atoms in total. The van der Waals surface area contributed by atoms with Crippen molar-refractivity contribution < 1.29 is 4.74 Å². The molecule has 18 heavy (non-hydrogen) atoms. The molecule has 0 amide bonds. The lowest BCUT2D eigenvalue weighted by Crippen LogP contribution is -2.37. The average Bonchev–Trinajstić information content (AvgIpc) is 2.95. The lowest BCUT2D eigenvalue weighted by Gasteiger charge is -2.25. The average molecular weight is 251 g/mol. The van der Waals surface area contributed by atoms with Crippen LogP contribution < -0.4 is 5.32 Å². The van der Waals surface area contributed by atoms with E-state index in [4.69, 9.17) is 4.74 Å². The summed E-state index contributed by atoms with van der Waals surface area (Å²) in [7, 11) is 0. The minimum absolute atomic E-state index is 0.310. The fourth-order valence-corrected chi connectivity index (χ4v) is 3.87. The van der Waals surface area contributed by atoms with E-state index in [-0.39, 0.29) is 0 Å². The first kappa shape index (κ1) is 12.9. The highest BCUT2D eigenvalue weighted by Crippen LogP contribution is 2.43. The summed E-state index contributed by atoms with van der Waals surface area (Å²) in [6, 6.07) is 0.737. The summed E-state index contributed by atoms with van der Waals surface area (Å²) < 4.78 is 6.36. The van der Waals surface area contributed by atoms with E-state index in [1.165, 1.54) is 64.2 Å². The second-order valence-corrected chi connectivity index (χ2v) is 6.86. The smallest absolute Gasteiger partial charge is 0.0708 e. The summed E-state index contributed by atoms with van der Waals surface area (Å²) in [5.41, 5.74) is 0.310. The van der Waals surface area contributed by atoms with Crippen molar-refractivity contribution in [3.8, 4) is 0 Å². The molecule has 1 N–H and O–H groups in total. The summed E-state index contributed by atoms with van der Waals surface area (Å²) in [6.45, 7) is 3.40. The number of ether oxygens (including phenoxy) is 1. The summed E-state index contributed by atoms with van der Waals surface area (Å²) in [6.07, 6.45) is 14.1. The molecule has 0 bridgehead atoms. The lowest BCUT2D eigenvalue weighted by atomic mass is 9.98. The Morgan fingerprint density at radius 1 is 1.17 bits per heavy atom. The largest absolute Gasteiger partial charge is 0.370 e. The molecule has 0 radical (unpaired) electrons. The van der Waals surface area contributed by atoms with E-state index in [1.807, 2.05) is 0 Å². The Morgan fingerprint density at radius 2 is 1.94 bits per heavy atom. The van der Waals surface area contributed by atoms with Crippen molar-refractivity contribution in [1.29, 1.82) is 0 Å². The van der Waals surface area contributed by atoms with Crippen LogP contribution >= 0.6 is 0 Å². The van der Waals surface area contributed by atoms with Gasteiger partial charge in [-0.3, -0.25) is 0 Å². The quantitative estimate of drug-likeness (QED) is 0.778. The van der Waals surface area contributed by atoms with Gasteiger partial charge >= 0.3 is 0 Å². The van der Waals surface area contributed by atoms with Crippen LogP contribution in [-0.2, 0) is 4.74 Å². The minimum Gasteiger partial charge on any atom is -0.370 e. The van der Waals surface area contributed by atoms with Gasteiger partial charge in [0.15, 0.2) is 0 Å². The Kier molecular flexibility index (Phi) is 3.95. The van der Waals surface area contributed by atoms with E-state index in [0.717, 1.165) is 18.5 Å². The van der Waals surface area contributed by atoms with E-state index in [2.05, 4.69) is 12.2 Å². The minimum atomic E-state index is 0.310. The summed E-state index contributed by atoms with van der Waals surface area (Å²) >= 11 is 0. The summed E-state index contributed by atoms with van der Waals surface area (Å²) in [5, 5.41) is 3.76. The Hall–Kier alpha value is -0.0800. The van der Waals surface area contributed by atoms with E-state index < -0.39 is 0 Å². The summed E-state index contributed by atoms with van der Waals surface area (Å²) in [4.78, 5) is 0. The van der Waals surface area contributed by atoms with Gasteiger partial charge in [0.1, 0.15) is 0 Å². The molecule has 104 valence electrons. The van der Waals surface area contributed by atoms with E-state index in [1.54, 1.807) is 0 Å². The fourth-order valence-electron chi connectivity index (χ4n) is 3.87. The monoisotopic (exact) mass is 251 g/mol. The van der Waals surface area contributed by atoms with Crippen molar-refractivity contribution >= 4 is 0 Å². The SMILES string of the molecule is CCC(CC1CC1)NCC1CCC2(CCCC2)O1. The predicted octanol–water partition coefficient (Wildman–Crippen LogP) is 3.65. The van der Waals surface area contributed by atoms with Crippen LogP contribution in [0.3, 0.4) is 0 Å². The molecule has 3 fully saturated rings. The standard InChI is InChI=1S/C16H29NO/c1-2-14(11-13-5-6-13)17-12-15-7-10-16(18-15)8-3-4-9-16/h13-15,17H,2-12H2,1H3. The highest BCUT2D eigenvalue weighted by Gasteiger charge is 2.42. The van der Waals surface area contributed by atoms with Crippen molar-refractivity contribution in [3.05, 3.63) is 0 Å². The second-order valence-electron chi connectivity index (χ2n) is 6.86. The van der Waals surface area contributed by atoms with Gasteiger partial charge in [0.2, 0.25) is 0 Å². The molecular formula is C16H29NO. The molecule has 1 saturated heterocycles. The van der Waals surface area contributed by atoms with Crippen molar-refractivity contribution in [3.63, 3.8) is 0 Å². The van der Waals surface area contributed by atoms with Crippen molar-refractivity contribution in [2.24, 2.45) is 5.92 Å². The first-order valence-electron chi connectivity index (χ1n) is 8.21. The molecule has 1 spiro atoms. The topological polar surface area (TPSA) is 21.3 Å². The van der Waals surface area contributed by atoms with Gasteiger partial charge in [-0.25, -0.2) is 0 Å². The Balaban J connectivity index is 1.40. The van der Waals surface area contributed by atoms with Crippen LogP contribution in [-0.4, -0.2) is 24.3 Å². The fraction of sp³-hybridized carbons (Fsp3) is 1.00. The van der Waals surface area contributed by atoms with Gasteiger partial charge in [0, 0.05) is 12.6 Å². The van der Waals surface area contributed by atoms with Gasteiger partial charge in [-0.05, 0) is 44.4 Å². The van der Waals surface area contributed by atoms with E-state index in [9.17, 15) is 0 Å². The molecule has 0 aromatic heterocycles. The van der Waals surface area contributed by atoms with E-state index in [0.29, 0.717) is 11.7 Å². The molecule has 2 heteroatoms. The van der Waals surface area contributed by atoms with Crippen LogP contribution in [0.1, 0.15) is 71.1 Å². The third-order valence-corrected chi connectivity index (χ3v) is 5.30. The third-order valence-electron chi connectivity index (χ3n) is 5.30. The molecule has 1 heterocycles. The molecule has 3 aliphatic rings. The molecule has 2 saturated carbocycles. The van der Waals surface area contributed by atoms with Gasteiger partial charge in [-0.15, -0.1) is 0 Å². The Labute approximate surface area is 112 Å². The van der Waals surface area contributed by atoms with Gasteiger partial charge in [0.05, 0.1) is 11.7 Å². The third kappa shape index (κ3) is 3.08. The zero-order valence-electron chi connectivity index (χ0n) is 11.9. The van der Waals surface area contributed by atoms with Crippen LogP contribution in [0.25, 0.3) is 0 Å². The number of rotatable bonds is 6. The first-order valence-corrected chi connectivity index (χ1v) is 8.21. The van der Waals surface area contributed by atoms with Gasteiger partial charge in [0.25, 0.3) is 0 Å². The normalized spacial score (nSPS) is 32.2. The van der Waals surface area contributed by atoms with Gasteiger partial charge in [-0.2, -0.15) is 0 Å². The highest BCUT2D eigenvalue weighted by atomic mass is 16.5. The van der Waals surface area contributed by atoms with Crippen molar-refractivity contribution in [1.82, 2.24) is 5.32 Å². The zero-order valence-corrected chi connectivity index (χ0v) is 11.9. The molecule has 3 rings (SSSR count). The molecule has 2 aliphatic carbocycles. The molecule has 2 unspecified atom stereocenters. The molecule has 0 aromatic rings. The zero-order chi connectivity index (χ0) is 12.4. The van der Waals surface area contributed by atoms with Gasteiger partial charge < -0.3 is 10.1 Å². The van der Waals surface area contributed by atoms with Crippen LogP contribution in [0.2, 0.25) is 0 Å². The van der Waals surface area contributed by atoms with Crippen molar-refractivity contribution in [2.75, 3.05) is 6.54 Å². The number of nitrogens with one attached hydrogen (secondary N) is 1. The second kappa shape index (κ2) is 5.50. The number of hydrogen-bond acceptors (Lipinski definition) is 2. The molecular weight excluding hydrogens is 222 g/mol. The van der Waals surface area contributed by atoms with Crippen LogP contribution in [0, 0.1) is 5.92 Å². The van der Waals surface area contributed by atoms with E-state index >= 15 is 0 Å². The maximum Gasteiger partial charge on any atom is 0.0708 e. The number of hydrogen-bond donors (Lipinski definition) is 1. The Bertz CT molecular complexity index is 268. The van der Waals surface area contributed by atoms with Gasteiger partial charge in [-0.1, -0.05) is 32.6 Å². The van der Waals surface area contributed by atoms with Crippen LogP contribution in [0.4, 0.5) is 0 Å². The summed E-state index contributed by atoms with van der Waals surface area (Å²) in [5.74, 6) is 1.04. The highest BCUT2D eigenvalue weighted by molar-refractivity contribution is 4.93. The maximum atomic E-state index is 6.36. The maximum absolute atomic E-state index is 6.36. The predicted molar refractivity (Wildman–Crippen MR) is 74.7 cm³/mol. The van der Waals surface area contributed by atoms with Crippen LogP contribution in [0.5, 0.6) is 0 Å². The van der Waals surface area contributed by atoms with Crippen LogP contribution in [0.15, 0.2) is 0 Å². The van der Waals surface area contributed by atoms with Crippen molar-refractivity contribution in [2.45, 2.75) is 88.9 Å². The molecule has 2 atom stereocenters. The Morgan fingerprint density at radius 3 is 2.61 bits per heavy atom.